The van der Waals surface area contributed by atoms with E-state index in [1.807, 2.05) is 33.8 Å². The number of terminal acetylenes is 1. The molecule has 1 saturated heterocycles. The van der Waals surface area contributed by atoms with Gasteiger partial charge in [0.1, 0.15) is 0 Å². The first-order valence-corrected chi connectivity index (χ1v) is 6.87. The van der Waals surface area contributed by atoms with E-state index in [9.17, 15) is 5.11 Å². The van der Waals surface area contributed by atoms with Crippen molar-refractivity contribution in [1.29, 1.82) is 0 Å². The molecule has 20 heavy (non-hydrogen) atoms. The summed E-state index contributed by atoms with van der Waals surface area (Å²) < 4.78 is 0. The van der Waals surface area contributed by atoms with Crippen LogP contribution < -0.4 is 11.5 Å². The van der Waals surface area contributed by atoms with Crippen LogP contribution in [0.3, 0.4) is 0 Å². The number of nitrogens with two attached hydrogens (primary N) is 2. The highest BCUT2D eigenvalue weighted by Gasteiger charge is 2.21. The lowest BCUT2D eigenvalue weighted by Crippen LogP contribution is -2.51. The van der Waals surface area contributed by atoms with E-state index in [2.05, 4.69) is 22.6 Å². The van der Waals surface area contributed by atoms with Crippen LogP contribution in [-0.2, 0) is 0 Å². The van der Waals surface area contributed by atoms with Crippen molar-refractivity contribution >= 4 is 0 Å². The lowest BCUT2D eigenvalue weighted by Gasteiger charge is -2.36. The maximum absolute atomic E-state index is 9.61. The van der Waals surface area contributed by atoms with E-state index in [-0.39, 0.29) is 0 Å². The van der Waals surface area contributed by atoms with Gasteiger partial charge in [0.25, 0.3) is 0 Å². The van der Waals surface area contributed by atoms with E-state index >= 15 is 0 Å². The summed E-state index contributed by atoms with van der Waals surface area (Å²) in [6.07, 6.45) is 9.86. The smallest absolute Gasteiger partial charge is 0.0718 e. The van der Waals surface area contributed by atoms with Crippen LogP contribution in [0.1, 0.15) is 27.7 Å². The highest BCUT2D eigenvalue weighted by atomic mass is 16.3. The van der Waals surface area contributed by atoms with E-state index in [1.165, 1.54) is 0 Å². The molecule has 0 bridgehead atoms. The highest BCUT2D eigenvalue weighted by molar-refractivity contribution is 4.86. The van der Waals surface area contributed by atoms with Gasteiger partial charge in [0.15, 0.2) is 0 Å². The van der Waals surface area contributed by atoms with Gasteiger partial charge in [-0.3, -0.25) is 9.80 Å². The second-order valence-corrected chi connectivity index (χ2v) is 5.42. The number of β-amino-alcohol motifs (C(OH)–C–C–N with tert-alkyl or cyclic N) is 1. The van der Waals surface area contributed by atoms with E-state index in [1.54, 1.807) is 0 Å². The number of hydrogen-bond donors (Lipinski definition) is 3. The van der Waals surface area contributed by atoms with E-state index in [0.29, 0.717) is 6.67 Å². The predicted octanol–water partition coefficient (Wildman–Crippen LogP) is 0.409. The van der Waals surface area contributed by atoms with Gasteiger partial charge in [-0.25, -0.2) is 0 Å². The second-order valence-electron chi connectivity index (χ2n) is 5.42. The minimum Gasteiger partial charge on any atom is -0.403 e. The average molecular weight is 284 g/mol. The minimum atomic E-state index is -0.578. The molecule has 5 nitrogen and oxygen atoms in total. The molecule has 1 fully saturated rings. The first-order valence-electron chi connectivity index (χ1n) is 6.87. The lowest BCUT2D eigenvalue weighted by atomic mass is 10.1. The zero-order chi connectivity index (χ0) is 16.2. The van der Waals surface area contributed by atoms with Crippen molar-refractivity contribution in [1.82, 2.24) is 9.80 Å². The highest BCUT2D eigenvalue weighted by Crippen LogP contribution is 2.07. The molecule has 5 N–H and O–H groups in total. The molecule has 0 aromatic rings. The molecule has 0 atom stereocenters. The molecule has 1 aliphatic heterocycles. The Labute approximate surface area is 124 Å². The SMILES string of the molecule is C#C.C/C=C(/C)N.CC(C)(O)CN1CCN(CN)CC1. The van der Waals surface area contributed by atoms with Crippen molar-refractivity contribution in [2.24, 2.45) is 11.5 Å². The van der Waals surface area contributed by atoms with Crippen LogP contribution in [0.5, 0.6) is 0 Å². The fourth-order valence-electron chi connectivity index (χ4n) is 1.68. The van der Waals surface area contributed by atoms with Crippen molar-refractivity contribution in [3.8, 4) is 12.8 Å². The van der Waals surface area contributed by atoms with Crippen LogP contribution in [0.2, 0.25) is 0 Å². The monoisotopic (exact) mass is 284 g/mol. The Kier molecular flexibility index (Phi) is 12.5. The number of rotatable bonds is 3. The summed E-state index contributed by atoms with van der Waals surface area (Å²) in [4.78, 5) is 4.51. The molecular weight excluding hydrogens is 252 g/mol. The molecule has 1 heterocycles. The third kappa shape index (κ3) is 13.4. The van der Waals surface area contributed by atoms with Crippen molar-refractivity contribution in [2.45, 2.75) is 33.3 Å². The normalized spacial score (nSPS) is 17.5. The number of aliphatic hydroxyl groups is 1. The molecule has 1 aliphatic rings. The Morgan fingerprint density at radius 1 is 1.20 bits per heavy atom. The van der Waals surface area contributed by atoms with Crippen LogP contribution >= 0.6 is 0 Å². The van der Waals surface area contributed by atoms with E-state index in [4.69, 9.17) is 11.5 Å². The molecule has 0 saturated carbocycles. The lowest BCUT2D eigenvalue weighted by molar-refractivity contribution is 0.0182. The van der Waals surface area contributed by atoms with Crippen LogP contribution in [0.25, 0.3) is 0 Å². The van der Waals surface area contributed by atoms with Gasteiger partial charge in [-0.15, -0.1) is 12.8 Å². The molecule has 5 heteroatoms. The van der Waals surface area contributed by atoms with Gasteiger partial charge in [0, 0.05) is 45.1 Å². The number of allylic oxidation sites excluding steroid dienone is 2. The summed E-state index contributed by atoms with van der Waals surface area (Å²) in [5.74, 6) is 0. The summed E-state index contributed by atoms with van der Waals surface area (Å²) >= 11 is 0. The van der Waals surface area contributed by atoms with Gasteiger partial charge in [-0.1, -0.05) is 6.08 Å². The van der Waals surface area contributed by atoms with Gasteiger partial charge in [0.05, 0.1) is 5.60 Å². The van der Waals surface area contributed by atoms with Crippen LogP contribution in [0.4, 0.5) is 0 Å². The molecule has 0 aliphatic carbocycles. The largest absolute Gasteiger partial charge is 0.403 e. The number of piperazine rings is 1. The molecule has 0 radical (unpaired) electrons. The third-order valence-electron chi connectivity index (χ3n) is 2.79. The van der Waals surface area contributed by atoms with Crippen LogP contribution in [-0.4, -0.2) is 59.9 Å². The summed E-state index contributed by atoms with van der Waals surface area (Å²) in [5, 5.41) is 9.61. The molecule has 0 amide bonds. The Hall–Kier alpha value is -1.06. The maximum atomic E-state index is 9.61. The molecule has 0 unspecified atom stereocenters. The summed E-state index contributed by atoms with van der Waals surface area (Å²) in [5.41, 5.74) is 11.0. The Bertz CT molecular complexity index is 269. The first-order chi connectivity index (χ1) is 9.28. The predicted molar refractivity (Wildman–Crippen MR) is 86.9 cm³/mol. The molecule has 0 aromatic carbocycles. The Morgan fingerprint density at radius 3 is 1.80 bits per heavy atom. The molecule has 0 aromatic heterocycles. The van der Waals surface area contributed by atoms with E-state index in [0.717, 1.165) is 38.4 Å². The minimum absolute atomic E-state index is 0.578. The van der Waals surface area contributed by atoms with Gasteiger partial charge >= 0.3 is 0 Å². The van der Waals surface area contributed by atoms with Gasteiger partial charge in [0.2, 0.25) is 0 Å². The van der Waals surface area contributed by atoms with Crippen molar-refractivity contribution < 1.29 is 5.11 Å². The van der Waals surface area contributed by atoms with E-state index < -0.39 is 5.60 Å². The van der Waals surface area contributed by atoms with Crippen molar-refractivity contribution in [2.75, 3.05) is 39.4 Å². The number of hydrogen-bond acceptors (Lipinski definition) is 5. The Morgan fingerprint density at radius 2 is 1.55 bits per heavy atom. The zero-order valence-corrected chi connectivity index (χ0v) is 13.5. The summed E-state index contributed by atoms with van der Waals surface area (Å²) in [6, 6.07) is 0. The molecular formula is C15H32N4O. The quantitative estimate of drug-likeness (QED) is 0.654. The van der Waals surface area contributed by atoms with Gasteiger partial charge in [-0.2, -0.15) is 0 Å². The van der Waals surface area contributed by atoms with Crippen LogP contribution in [0, 0.1) is 12.8 Å². The third-order valence-corrected chi connectivity index (χ3v) is 2.79. The van der Waals surface area contributed by atoms with Crippen molar-refractivity contribution in [3.05, 3.63) is 11.8 Å². The van der Waals surface area contributed by atoms with Crippen molar-refractivity contribution in [3.63, 3.8) is 0 Å². The fraction of sp³-hybridized carbons (Fsp3) is 0.733. The summed E-state index contributed by atoms with van der Waals surface area (Å²) in [6.45, 7) is 12.9. The van der Waals surface area contributed by atoms with Crippen LogP contribution in [0.15, 0.2) is 11.8 Å². The molecule has 0 spiro atoms. The Balaban J connectivity index is 0. The number of nitrogens with zero attached hydrogens (tertiary/aromatic N) is 2. The zero-order valence-electron chi connectivity index (χ0n) is 13.5. The van der Waals surface area contributed by atoms with Gasteiger partial charge in [-0.05, 0) is 27.7 Å². The second kappa shape index (κ2) is 11.7. The molecule has 118 valence electrons. The standard InChI is InChI=1S/C9H21N3O.C4H9N.C2H2/c1-9(2,13)7-11-3-5-12(8-10)6-4-11;1-3-4(2)5;1-2/h13H,3-8,10H2,1-2H3;3H,5H2,1-2H3;1-2H/b;4-3-;. The topological polar surface area (TPSA) is 78.8 Å². The average Bonchev–Trinajstić information content (AvgIpc) is 2.41. The summed E-state index contributed by atoms with van der Waals surface area (Å²) in [7, 11) is 0. The fourth-order valence-corrected chi connectivity index (χ4v) is 1.68. The first kappa shape index (κ1) is 21.2. The maximum Gasteiger partial charge on any atom is 0.0718 e. The van der Waals surface area contributed by atoms with Gasteiger partial charge < -0.3 is 16.6 Å². The molecule has 1 rings (SSSR count).